The van der Waals surface area contributed by atoms with Gasteiger partial charge in [-0.05, 0) is 42.8 Å². The number of ether oxygens (including phenoxy) is 1. The van der Waals surface area contributed by atoms with Gasteiger partial charge in [0.1, 0.15) is 5.69 Å². The third kappa shape index (κ3) is 5.71. The third-order valence-corrected chi connectivity index (χ3v) is 5.39. The Balaban J connectivity index is 2.14. The fraction of sp³-hybridized carbons (Fsp3) is 0.182. The number of alkyl halides is 3. The van der Waals surface area contributed by atoms with Crippen LogP contribution in [0.2, 0.25) is 10.0 Å². The molecular formula is C22H18Cl2F3N5O4. The van der Waals surface area contributed by atoms with Gasteiger partial charge in [-0.3, -0.25) is 14.9 Å². The number of amides is 3. The Bertz CT molecular complexity index is 1360. The van der Waals surface area contributed by atoms with Gasteiger partial charge in [0, 0.05) is 23.8 Å². The first-order chi connectivity index (χ1) is 16.8. The number of rotatable bonds is 5. The minimum Gasteiger partial charge on any atom is -0.453 e. The molecule has 0 aliphatic rings. The number of benzene rings is 2. The van der Waals surface area contributed by atoms with Gasteiger partial charge in [-0.2, -0.15) is 18.3 Å². The molecule has 2 aromatic carbocycles. The van der Waals surface area contributed by atoms with Crippen LogP contribution in [0.25, 0.3) is 5.69 Å². The number of anilines is 2. The number of aryl methyl sites for hydroxylation is 1. The van der Waals surface area contributed by atoms with Crippen molar-refractivity contribution in [2.75, 3.05) is 24.8 Å². The number of methoxy groups -OCH3 is 1. The van der Waals surface area contributed by atoms with Crippen LogP contribution in [0.3, 0.4) is 0 Å². The van der Waals surface area contributed by atoms with E-state index in [-0.39, 0.29) is 32.7 Å². The second kappa shape index (κ2) is 10.5. The van der Waals surface area contributed by atoms with Crippen molar-refractivity contribution in [3.63, 3.8) is 0 Å². The second-order valence-corrected chi connectivity index (χ2v) is 8.13. The highest BCUT2D eigenvalue weighted by atomic mass is 35.5. The molecule has 3 N–H and O–H groups in total. The summed E-state index contributed by atoms with van der Waals surface area (Å²) in [4.78, 5) is 37.1. The molecule has 36 heavy (non-hydrogen) atoms. The van der Waals surface area contributed by atoms with Gasteiger partial charge in [0.05, 0.1) is 29.1 Å². The maximum absolute atomic E-state index is 13.5. The van der Waals surface area contributed by atoms with Gasteiger partial charge in [-0.15, -0.1) is 0 Å². The molecule has 0 atom stereocenters. The molecular weight excluding hydrogens is 526 g/mol. The summed E-state index contributed by atoms with van der Waals surface area (Å²) in [7, 11) is 2.50. The smallest absolute Gasteiger partial charge is 0.435 e. The first kappa shape index (κ1) is 26.8. The Morgan fingerprint density at radius 3 is 2.33 bits per heavy atom. The lowest BCUT2D eigenvalue weighted by Crippen LogP contribution is -2.23. The van der Waals surface area contributed by atoms with E-state index in [4.69, 9.17) is 23.2 Å². The molecule has 0 saturated carbocycles. The first-order valence-electron chi connectivity index (χ1n) is 10.0. The molecule has 3 rings (SSSR count). The average molecular weight is 544 g/mol. The standard InChI is InChI=1S/C22H18Cl2F3N5O4/c1-10-6-11(23)7-13(19(33)28-2)18(10)30-20(34)16-9-17(22(25,26)27)31-32(16)15-8-12(4-5-14(15)24)29-21(35)36-3/h4-9H,1-3H3,(H,28,33)(H,29,35)(H,30,34). The number of aromatic nitrogens is 2. The molecule has 0 aliphatic heterocycles. The molecule has 14 heteroatoms. The number of hydrogen-bond donors (Lipinski definition) is 3. The fourth-order valence-corrected chi connectivity index (χ4v) is 3.66. The monoisotopic (exact) mass is 543 g/mol. The molecule has 3 aromatic rings. The van der Waals surface area contributed by atoms with E-state index in [9.17, 15) is 27.6 Å². The van der Waals surface area contributed by atoms with Gasteiger partial charge in [0.15, 0.2) is 5.69 Å². The summed E-state index contributed by atoms with van der Waals surface area (Å²) in [6, 6.07) is 7.21. The van der Waals surface area contributed by atoms with Crippen LogP contribution in [0.1, 0.15) is 32.1 Å². The quantitative estimate of drug-likeness (QED) is 0.404. The SMILES string of the molecule is CNC(=O)c1cc(Cl)cc(C)c1NC(=O)c1cc(C(F)(F)F)nn1-c1cc(NC(=O)OC)ccc1Cl. The van der Waals surface area contributed by atoms with Gasteiger partial charge >= 0.3 is 12.3 Å². The number of nitrogens with zero attached hydrogens (tertiary/aromatic N) is 2. The van der Waals surface area contributed by atoms with Crippen LogP contribution >= 0.6 is 23.2 Å². The van der Waals surface area contributed by atoms with Crippen molar-refractivity contribution in [3.8, 4) is 5.69 Å². The zero-order valence-corrected chi connectivity index (χ0v) is 20.4. The summed E-state index contributed by atoms with van der Waals surface area (Å²) in [6.45, 7) is 1.56. The minimum absolute atomic E-state index is 0.000248. The van der Waals surface area contributed by atoms with E-state index in [0.29, 0.717) is 16.3 Å². The van der Waals surface area contributed by atoms with E-state index in [1.165, 1.54) is 37.4 Å². The lowest BCUT2D eigenvalue weighted by Gasteiger charge is -2.15. The normalized spacial score (nSPS) is 11.1. The molecule has 0 saturated heterocycles. The first-order valence-corrected chi connectivity index (χ1v) is 10.8. The maximum Gasteiger partial charge on any atom is 0.435 e. The summed E-state index contributed by atoms with van der Waals surface area (Å²) >= 11 is 12.2. The molecule has 0 spiro atoms. The maximum atomic E-state index is 13.5. The topological polar surface area (TPSA) is 114 Å². The van der Waals surface area contributed by atoms with Crippen molar-refractivity contribution in [2.24, 2.45) is 0 Å². The number of hydrogen-bond acceptors (Lipinski definition) is 5. The fourth-order valence-electron chi connectivity index (χ4n) is 3.19. The van der Waals surface area contributed by atoms with E-state index in [1.54, 1.807) is 6.92 Å². The van der Waals surface area contributed by atoms with Crippen LogP contribution in [0.15, 0.2) is 36.4 Å². The molecule has 0 aliphatic carbocycles. The highest BCUT2D eigenvalue weighted by molar-refractivity contribution is 6.32. The van der Waals surface area contributed by atoms with Crippen molar-refractivity contribution < 1.29 is 32.3 Å². The Hall–Kier alpha value is -3.77. The van der Waals surface area contributed by atoms with Gasteiger partial charge in [-0.1, -0.05) is 23.2 Å². The highest BCUT2D eigenvalue weighted by Crippen LogP contribution is 2.33. The van der Waals surface area contributed by atoms with Crippen LogP contribution in [-0.2, 0) is 10.9 Å². The Kier molecular flexibility index (Phi) is 7.80. The second-order valence-electron chi connectivity index (χ2n) is 7.29. The van der Waals surface area contributed by atoms with E-state index >= 15 is 0 Å². The summed E-state index contributed by atoms with van der Waals surface area (Å²) in [5.41, 5.74) is -1.50. The predicted molar refractivity (Wildman–Crippen MR) is 127 cm³/mol. The summed E-state index contributed by atoms with van der Waals surface area (Å²) < 4.78 is 45.8. The lowest BCUT2D eigenvalue weighted by atomic mass is 10.1. The number of carbonyl (C=O) groups is 3. The minimum atomic E-state index is -4.89. The molecule has 0 unspecified atom stereocenters. The van der Waals surface area contributed by atoms with Gasteiger partial charge in [0.2, 0.25) is 0 Å². The number of nitrogens with one attached hydrogen (secondary N) is 3. The van der Waals surface area contributed by atoms with Crippen LogP contribution < -0.4 is 16.0 Å². The van der Waals surface area contributed by atoms with Crippen LogP contribution in [-0.4, -0.2) is 41.8 Å². The summed E-state index contributed by atoms with van der Waals surface area (Å²) in [6.07, 6.45) is -5.73. The van der Waals surface area contributed by atoms with Crippen molar-refractivity contribution in [2.45, 2.75) is 13.1 Å². The molecule has 1 aromatic heterocycles. The Morgan fingerprint density at radius 2 is 1.72 bits per heavy atom. The van der Waals surface area contributed by atoms with Crippen LogP contribution in [0.4, 0.5) is 29.3 Å². The van der Waals surface area contributed by atoms with Gasteiger partial charge < -0.3 is 15.4 Å². The molecule has 1 heterocycles. The summed E-state index contributed by atoms with van der Waals surface area (Å²) in [5.74, 6) is -1.60. The van der Waals surface area contributed by atoms with Crippen molar-refractivity contribution in [1.82, 2.24) is 15.1 Å². The zero-order valence-electron chi connectivity index (χ0n) is 18.9. The number of halogens is 5. The van der Waals surface area contributed by atoms with Crippen molar-refractivity contribution >= 4 is 52.5 Å². The Morgan fingerprint density at radius 1 is 1.03 bits per heavy atom. The highest BCUT2D eigenvalue weighted by Gasteiger charge is 2.36. The molecule has 0 fully saturated rings. The van der Waals surface area contributed by atoms with Gasteiger partial charge in [-0.25, -0.2) is 9.48 Å². The molecule has 190 valence electrons. The van der Waals surface area contributed by atoms with Crippen LogP contribution in [0.5, 0.6) is 0 Å². The third-order valence-electron chi connectivity index (χ3n) is 4.85. The van der Waals surface area contributed by atoms with Crippen molar-refractivity contribution in [3.05, 3.63) is 69.0 Å². The Labute approximate surface area is 212 Å². The lowest BCUT2D eigenvalue weighted by molar-refractivity contribution is -0.141. The zero-order chi connectivity index (χ0) is 26.8. The van der Waals surface area contributed by atoms with E-state index < -0.39 is 35.5 Å². The molecule has 0 radical (unpaired) electrons. The van der Waals surface area contributed by atoms with E-state index in [2.05, 4.69) is 25.8 Å². The van der Waals surface area contributed by atoms with Gasteiger partial charge in [0.25, 0.3) is 11.8 Å². The van der Waals surface area contributed by atoms with Crippen molar-refractivity contribution in [1.29, 1.82) is 0 Å². The summed E-state index contributed by atoms with van der Waals surface area (Å²) in [5, 5.41) is 10.9. The van der Waals surface area contributed by atoms with Crippen LogP contribution in [0, 0.1) is 6.92 Å². The molecule has 9 nitrogen and oxygen atoms in total. The van der Waals surface area contributed by atoms with E-state index in [1.807, 2.05) is 0 Å². The molecule has 0 bridgehead atoms. The van der Waals surface area contributed by atoms with E-state index in [0.717, 1.165) is 7.11 Å². The molecule has 3 amide bonds. The number of carbonyl (C=O) groups excluding carboxylic acids is 3. The predicted octanol–water partition coefficient (Wildman–Crippen LogP) is 5.30. The largest absolute Gasteiger partial charge is 0.453 e. The average Bonchev–Trinajstić information content (AvgIpc) is 3.27.